The van der Waals surface area contributed by atoms with Crippen LogP contribution in [0.25, 0.3) is 10.2 Å². The molecular formula is C14H17N3O3S. The molecule has 112 valence electrons. The number of hydrogen-bond donors (Lipinski definition) is 2. The van der Waals surface area contributed by atoms with Crippen LogP contribution in [0.1, 0.15) is 13.3 Å². The van der Waals surface area contributed by atoms with E-state index in [1.54, 1.807) is 4.90 Å². The number of likely N-dealkylation sites (N-methyl/N-ethyl adjacent to an activating group) is 1. The number of benzene rings is 1. The molecule has 0 aliphatic carbocycles. The van der Waals surface area contributed by atoms with Crippen LogP contribution in [0.3, 0.4) is 0 Å². The summed E-state index contributed by atoms with van der Waals surface area (Å²) in [6.45, 7) is 3.05. The Labute approximate surface area is 126 Å². The Morgan fingerprint density at radius 2 is 2.14 bits per heavy atom. The standard InChI is InChI=1S/C14H17N3O3S/c1-2-17(8-7-13(19)20)9-12(18)16-14-15-10-5-3-4-6-11(10)21-14/h3-6H,2,7-9H2,1H3,(H,19,20)(H,15,16,18). The zero-order valence-electron chi connectivity index (χ0n) is 11.7. The Balaban J connectivity index is 1.92. The first-order valence-electron chi connectivity index (χ1n) is 6.68. The van der Waals surface area contributed by atoms with Gasteiger partial charge in [0.25, 0.3) is 0 Å². The van der Waals surface area contributed by atoms with E-state index in [9.17, 15) is 9.59 Å². The van der Waals surface area contributed by atoms with Gasteiger partial charge in [-0.1, -0.05) is 30.4 Å². The molecule has 0 unspecified atom stereocenters. The molecular weight excluding hydrogens is 290 g/mol. The van der Waals surface area contributed by atoms with Crippen molar-refractivity contribution in [2.45, 2.75) is 13.3 Å². The summed E-state index contributed by atoms with van der Waals surface area (Å²) in [5, 5.41) is 12.0. The quantitative estimate of drug-likeness (QED) is 0.818. The van der Waals surface area contributed by atoms with Crippen molar-refractivity contribution in [2.75, 3.05) is 25.0 Å². The van der Waals surface area contributed by atoms with Gasteiger partial charge < -0.3 is 10.4 Å². The largest absolute Gasteiger partial charge is 0.481 e. The predicted molar refractivity (Wildman–Crippen MR) is 82.6 cm³/mol. The van der Waals surface area contributed by atoms with Gasteiger partial charge in [0.05, 0.1) is 23.2 Å². The summed E-state index contributed by atoms with van der Waals surface area (Å²) in [7, 11) is 0. The first-order valence-corrected chi connectivity index (χ1v) is 7.49. The monoisotopic (exact) mass is 307 g/mol. The van der Waals surface area contributed by atoms with Crippen molar-refractivity contribution >= 4 is 38.6 Å². The lowest BCUT2D eigenvalue weighted by atomic mass is 10.3. The second-order valence-electron chi connectivity index (χ2n) is 4.55. The molecule has 1 heterocycles. The summed E-state index contributed by atoms with van der Waals surface area (Å²) in [6.07, 6.45) is 0.0300. The SMILES string of the molecule is CCN(CCC(=O)O)CC(=O)Nc1nc2ccccc2s1. The lowest BCUT2D eigenvalue weighted by Gasteiger charge is -2.18. The third-order valence-corrected chi connectivity index (χ3v) is 3.95. The van der Waals surface area contributed by atoms with Gasteiger partial charge in [0.15, 0.2) is 5.13 Å². The lowest BCUT2D eigenvalue weighted by molar-refractivity contribution is -0.137. The second-order valence-corrected chi connectivity index (χ2v) is 5.58. The maximum Gasteiger partial charge on any atom is 0.304 e. The second kappa shape index (κ2) is 7.14. The van der Waals surface area contributed by atoms with Gasteiger partial charge in [-0.05, 0) is 18.7 Å². The highest BCUT2D eigenvalue weighted by molar-refractivity contribution is 7.22. The van der Waals surface area contributed by atoms with Gasteiger partial charge in [0, 0.05) is 6.54 Å². The number of rotatable bonds is 7. The van der Waals surface area contributed by atoms with Crippen LogP contribution in [0.5, 0.6) is 0 Å². The number of carboxylic acid groups (broad SMARTS) is 1. The fourth-order valence-corrected chi connectivity index (χ4v) is 2.77. The Morgan fingerprint density at radius 3 is 2.81 bits per heavy atom. The zero-order chi connectivity index (χ0) is 15.2. The number of carbonyl (C=O) groups is 2. The van der Waals surface area contributed by atoms with Gasteiger partial charge in [-0.25, -0.2) is 4.98 Å². The van der Waals surface area contributed by atoms with E-state index in [2.05, 4.69) is 10.3 Å². The topological polar surface area (TPSA) is 82.5 Å². The average molecular weight is 307 g/mol. The number of anilines is 1. The van der Waals surface area contributed by atoms with E-state index >= 15 is 0 Å². The van der Waals surface area contributed by atoms with E-state index in [-0.39, 0.29) is 18.9 Å². The van der Waals surface area contributed by atoms with Gasteiger partial charge >= 0.3 is 5.97 Å². The number of thiazole rings is 1. The normalized spacial score (nSPS) is 11.0. The Hall–Kier alpha value is -1.99. The molecule has 0 fully saturated rings. The van der Waals surface area contributed by atoms with Gasteiger partial charge in [0.1, 0.15) is 0 Å². The maximum atomic E-state index is 12.0. The average Bonchev–Trinajstić information content (AvgIpc) is 2.85. The molecule has 2 N–H and O–H groups in total. The van der Waals surface area contributed by atoms with Crippen LogP contribution in [0.15, 0.2) is 24.3 Å². The van der Waals surface area contributed by atoms with Crippen molar-refractivity contribution in [1.29, 1.82) is 0 Å². The minimum atomic E-state index is -0.861. The molecule has 21 heavy (non-hydrogen) atoms. The van der Waals surface area contributed by atoms with Crippen LogP contribution >= 0.6 is 11.3 Å². The number of para-hydroxylation sites is 1. The summed E-state index contributed by atoms with van der Waals surface area (Å²) in [6, 6.07) is 7.68. The zero-order valence-corrected chi connectivity index (χ0v) is 12.5. The molecule has 0 spiro atoms. The van der Waals surface area contributed by atoms with Crippen molar-refractivity contribution < 1.29 is 14.7 Å². The van der Waals surface area contributed by atoms with Crippen molar-refractivity contribution in [3.8, 4) is 0 Å². The van der Waals surface area contributed by atoms with Crippen LogP contribution in [-0.2, 0) is 9.59 Å². The fraction of sp³-hybridized carbons (Fsp3) is 0.357. The van der Waals surface area contributed by atoms with E-state index in [1.807, 2.05) is 31.2 Å². The predicted octanol–water partition coefficient (Wildman–Crippen LogP) is 2.03. The number of carboxylic acids is 1. The van der Waals surface area contributed by atoms with Crippen molar-refractivity contribution in [3.05, 3.63) is 24.3 Å². The summed E-state index contributed by atoms with van der Waals surface area (Å²) in [4.78, 5) is 28.7. The lowest BCUT2D eigenvalue weighted by Crippen LogP contribution is -2.34. The number of aromatic nitrogens is 1. The van der Waals surface area contributed by atoms with Crippen molar-refractivity contribution in [2.24, 2.45) is 0 Å². The molecule has 6 nitrogen and oxygen atoms in total. The van der Waals surface area contributed by atoms with Gasteiger partial charge in [-0.2, -0.15) is 0 Å². The molecule has 2 rings (SSSR count). The van der Waals surface area contributed by atoms with E-state index in [0.717, 1.165) is 10.2 Å². The van der Waals surface area contributed by atoms with Crippen molar-refractivity contribution in [3.63, 3.8) is 0 Å². The van der Waals surface area contributed by atoms with Crippen LogP contribution in [0, 0.1) is 0 Å². The molecule has 0 saturated carbocycles. The first-order chi connectivity index (χ1) is 10.1. The summed E-state index contributed by atoms with van der Waals surface area (Å²) in [5.41, 5.74) is 0.857. The molecule has 0 aliphatic rings. The molecule has 0 radical (unpaired) electrons. The highest BCUT2D eigenvalue weighted by Crippen LogP contribution is 2.25. The highest BCUT2D eigenvalue weighted by Gasteiger charge is 2.12. The molecule has 7 heteroatoms. The number of amides is 1. The molecule has 0 bridgehead atoms. The van der Waals surface area contributed by atoms with E-state index in [1.165, 1.54) is 11.3 Å². The van der Waals surface area contributed by atoms with Crippen LogP contribution in [0.4, 0.5) is 5.13 Å². The molecule has 2 aromatic rings. The van der Waals surface area contributed by atoms with Crippen LogP contribution in [0.2, 0.25) is 0 Å². The maximum absolute atomic E-state index is 12.0. The molecule has 1 aromatic carbocycles. The molecule has 1 amide bonds. The van der Waals surface area contributed by atoms with Crippen LogP contribution < -0.4 is 5.32 Å². The van der Waals surface area contributed by atoms with Gasteiger partial charge in [0.2, 0.25) is 5.91 Å². The minimum Gasteiger partial charge on any atom is -0.481 e. The molecule has 1 aromatic heterocycles. The number of aliphatic carboxylic acids is 1. The number of nitrogens with one attached hydrogen (secondary N) is 1. The number of hydrogen-bond acceptors (Lipinski definition) is 5. The molecule has 0 saturated heterocycles. The third kappa shape index (κ3) is 4.51. The van der Waals surface area contributed by atoms with E-state index in [4.69, 9.17) is 5.11 Å². The minimum absolute atomic E-state index is 0.0300. The Morgan fingerprint density at radius 1 is 1.38 bits per heavy atom. The molecule has 0 atom stereocenters. The summed E-state index contributed by atoms with van der Waals surface area (Å²) in [5.74, 6) is -1.04. The number of nitrogens with zero attached hydrogens (tertiary/aromatic N) is 2. The van der Waals surface area contributed by atoms with E-state index in [0.29, 0.717) is 18.2 Å². The first kappa shape index (κ1) is 15.4. The van der Waals surface area contributed by atoms with Crippen molar-refractivity contribution in [1.82, 2.24) is 9.88 Å². The van der Waals surface area contributed by atoms with Gasteiger partial charge in [-0.3, -0.25) is 14.5 Å². The number of carbonyl (C=O) groups excluding carboxylic acids is 1. The smallest absolute Gasteiger partial charge is 0.304 e. The number of fused-ring (bicyclic) bond motifs is 1. The summed E-state index contributed by atoms with van der Waals surface area (Å²) < 4.78 is 1.02. The Bertz CT molecular complexity index is 608. The summed E-state index contributed by atoms with van der Waals surface area (Å²) >= 11 is 1.42. The Kier molecular flexibility index (Phi) is 5.24. The van der Waals surface area contributed by atoms with E-state index < -0.39 is 5.97 Å². The third-order valence-electron chi connectivity index (χ3n) is 3.00. The molecule has 0 aliphatic heterocycles. The fourth-order valence-electron chi connectivity index (χ4n) is 1.89. The highest BCUT2D eigenvalue weighted by atomic mass is 32.1. The van der Waals surface area contributed by atoms with Gasteiger partial charge in [-0.15, -0.1) is 0 Å². The van der Waals surface area contributed by atoms with Crippen LogP contribution in [-0.4, -0.2) is 46.5 Å².